The minimum atomic E-state index is 0.0372. The zero-order valence-electron chi connectivity index (χ0n) is 15.0. The van der Waals surface area contributed by atoms with Crippen LogP contribution in [-0.2, 0) is 19.0 Å². The molecule has 3 aliphatic rings. The Morgan fingerprint density at radius 3 is 2.88 bits per heavy atom. The van der Waals surface area contributed by atoms with Gasteiger partial charge in [-0.2, -0.15) is 0 Å². The maximum atomic E-state index is 12.2. The third-order valence-electron chi connectivity index (χ3n) is 5.75. The van der Waals surface area contributed by atoms with Crippen molar-refractivity contribution in [3.63, 3.8) is 0 Å². The molecule has 3 aliphatic heterocycles. The molecule has 0 radical (unpaired) electrons. The number of hydrogen-bond acceptors (Lipinski definition) is 5. The lowest BCUT2D eigenvalue weighted by molar-refractivity contribution is -0.160. The Morgan fingerprint density at radius 1 is 1.25 bits per heavy atom. The summed E-state index contributed by atoms with van der Waals surface area (Å²) in [4.78, 5) is 16.6. The maximum absolute atomic E-state index is 12.2. The van der Waals surface area contributed by atoms with E-state index >= 15 is 0 Å². The number of fused-ring (bicyclic) bond motifs is 1. The van der Waals surface area contributed by atoms with Gasteiger partial charge in [0, 0.05) is 51.9 Å². The highest BCUT2D eigenvalue weighted by atomic mass is 16.5. The van der Waals surface area contributed by atoms with E-state index in [1.165, 1.54) is 0 Å². The molecule has 6 heteroatoms. The highest BCUT2D eigenvalue weighted by Gasteiger charge is 2.46. The van der Waals surface area contributed by atoms with Crippen LogP contribution in [0, 0.1) is 5.41 Å². The van der Waals surface area contributed by atoms with Gasteiger partial charge in [0.1, 0.15) is 6.61 Å². The molecule has 0 bridgehead atoms. The van der Waals surface area contributed by atoms with E-state index in [1.54, 1.807) is 7.11 Å². The number of nitrogens with zero attached hydrogens (tertiary/aromatic N) is 2. The molecule has 138 valence electrons. The van der Waals surface area contributed by atoms with Crippen LogP contribution in [0.4, 0.5) is 0 Å². The van der Waals surface area contributed by atoms with E-state index < -0.39 is 0 Å². The van der Waals surface area contributed by atoms with Gasteiger partial charge in [-0.25, -0.2) is 0 Å². The Hall–Kier alpha value is -0.690. The predicted octanol–water partition coefficient (Wildman–Crippen LogP) is 1.14. The van der Waals surface area contributed by atoms with Crippen LogP contribution < -0.4 is 0 Å². The molecule has 0 aromatic heterocycles. The smallest absolute Gasteiger partial charge is 0.248 e. The molecule has 3 heterocycles. The van der Waals surface area contributed by atoms with Gasteiger partial charge in [0.15, 0.2) is 0 Å². The Balaban J connectivity index is 1.53. The van der Waals surface area contributed by atoms with E-state index in [0.29, 0.717) is 6.61 Å². The van der Waals surface area contributed by atoms with E-state index in [4.69, 9.17) is 14.2 Å². The van der Waals surface area contributed by atoms with Gasteiger partial charge in [-0.15, -0.1) is 0 Å². The Labute approximate surface area is 145 Å². The van der Waals surface area contributed by atoms with Gasteiger partial charge in [-0.05, 0) is 32.1 Å². The molecule has 0 aromatic carbocycles. The number of carbonyl (C=O) groups excluding carboxylic acids is 1. The number of ether oxygens (including phenoxy) is 3. The summed E-state index contributed by atoms with van der Waals surface area (Å²) in [6.07, 6.45) is 5.77. The number of amides is 1. The number of likely N-dealkylation sites (tertiary alicyclic amines) is 2. The lowest BCUT2D eigenvalue weighted by atomic mass is 9.73. The molecule has 0 unspecified atom stereocenters. The van der Waals surface area contributed by atoms with Gasteiger partial charge < -0.3 is 24.0 Å². The van der Waals surface area contributed by atoms with Crippen LogP contribution in [0.2, 0.25) is 0 Å². The van der Waals surface area contributed by atoms with Crippen molar-refractivity contribution in [2.45, 2.75) is 38.2 Å². The SMILES string of the molecule is COCCN1CC[C@@H]2OCCC[C@]2(COCC(=O)N2CCCC2)C1. The second kappa shape index (κ2) is 8.61. The summed E-state index contributed by atoms with van der Waals surface area (Å²) in [5.41, 5.74) is 0.0372. The van der Waals surface area contributed by atoms with Crippen molar-refractivity contribution in [2.24, 2.45) is 5.41 Å². The lowest BCUT2D eigenvalue weighted by Crippen LogP contribution is -2.57. The first-order chi connectivity index (χ1) is 11.7. The van der Waals surface area contributed by atoms with Gasteiger partial charge in [0.25, 0.3) is 0 Å². The van der Waals surface area contributed by atoms with Crippen LogP contribution in [0.15, 0.2) is 0 Å². The molecule has 3 saturated heterocycles. The fourth-order valence-electron chi connectivity index (χ4n) is 4.40. The van der Waals surface area contributed by atoms with Crippen LogP contribution >= 0.6 is 0 Å². The number of rotatable bonds is 7. The average molecular weight is 340 g/mol. The third-order valence-corrected chi connectivity index (χ3v) is 5.75. The van der Waals surface area contributed by atoms with Crippen LogP contribution in [0.3, 0.4) is 0 Å². The van der Waals surface area contributed by atoms with Crippen LogP contribution in [-0.4, -0.2) is 88.1 Å². The molecular weight excluding hydrogens is 308 g/mol. The van der Waals surface area contributed by atoms with E-state index in [0.717, 1.165) is 78.0 Å². The molecule has 6 nitrogen and oxygen atoms in total. The lowest BCUT2D eigenvalue weighted by Gasteiger charge is -2.50. The molecule has 2 atom stereocenters. The molecule has 1 amide bonds. The molecule has 0 saturated carbocycles. The summed E-state index contributed by atoms with van der Waals surface area (Å²) < 4.78 is 17.2. The van der Waals surface area contributed by atoms with Crippen LogP contribution in [0.25, 0.3) is 0 Å². The zero-order chi connectivity index (χ0) is 16.8. The summed E-state index contributed by atoms with van der Waals surface area (Å²) in [7, 11) is 1.75. The topological polar surface area (TPSA) is 51.2 Å². The molecule has 3 rings (SSSR count). The number of piperidine rings is 1. The third kappa shape index (κ3) is 4.28. The quantitative estimate of drug-likeness (QED) is 0.696. The van der Waals surface area contributed by atoms with Crippen molar-refractivity contribution in [2.75, 3.05) is 66.3 Å². The minimum Gasteiger partial charge on any atom is -0.383 e. The van der Waals surface area contributed by atoms with Gasteiger partial charge in [-0.3, -0.25) is 4.79 Å². The van der Waals surface area contributed by atoms with E-state index in [9.17, 15) is 4.79 Å². The zero-order valence-corrected chi connectivity index (χ0v) is 15.0. The summed E-state index contributed by atoms with van der Waals surface area (Å²) in [5.74, 6) is 0.143. The molecule has 0 aromatic rings. The Bertz CT molecular complexity index is 414. The fraction of sp³-hybridized carbons (Fsp3) is 0.944. The number of methoxy groups -OCH3 is 1. The van der Waals surface area contributed by atoms with Gasteiger partial charge in [0.2, 0.25) is 5.91 Å². The highest BCUT2D eigenvalue weighted by molar-refractivity contribution is 5.77. The Morgan fingerprint density at radius 2 is 2.08 bits per heavy atom. The fourth-order valence-corrected chi connectivity index (χ4v) is 4.40. The molecule has 0 N–H and O–H groups in total. The molecule has 24 heavy (non-hydrogen) atoms. The van der Waals surface area contributed by atoms with Crippen molar-refractivity contribution >= 4 is 5.91 Å². The van der Waals surface area contributed by atoms with Crippen molar-refractivity contribution < 1.29 is 19.0 Å². The van der Waals surface area contributed by atoms with Crippen molar-refractivity contribution in [3.8, 4) is 0 Å². The molecule has 3 fully saturated rings. The van der Waals surface area contributed by atoms with E-state index in [2.05, 4.69) is 4.90 Å². The first-order valence-corrected chi connectivity index (χ1v) is 9.42. The first kappa shape index (κ1) is 18.1. The Kier molecular flexibility index (Phi) is 6.49. The minimum absolute atomic E-state index is 0.0372. The van der Waals surface area contributed by atoms with Crippen molar-refractivity contribution in [1.82, 2.24) is 9.80 Å². The first-order valence-electron chi connectivity index (χ1n) is 9.42. The van der Waals surface area contributed by atoms with Crippen LogP contribution in [0.1, 0.15) is 32.1 Å². The van der Waals surface area contributed by atoms with Crippen molar-refractivity contribution in [1.29, 1.82) is 0 Å². The summed E-state index contributed by atoms with van der Waals surface area (Å²) in [5, 5.41) is 0. The van der Waals surface area contributed by atoms with E-state index in [1.807, 2.05) is 4.90 Å². The van der Waals surface area contributed by atoms with E-state index in [-0.39, 0.29) is 24.0 Å². The average Bonchev–Trinajstić information content (AvgIpc) is 3.14. The monoisotopic (exact) mass is 340 g/mol. The summed E-state index contributed by atoms with van der Waals surface area (Å²) >= 11 is 0. The normalized spacial score (nSPS) is 31.2. The summed E-state index contributed by atoms with van der Waals surface area (Å²) in [6, 6.07) is 0. The predicted molar refractivity (Wildman–Crippen MR) is 91.0 cm³/mol. The number of carbonyl (C=O) groups is 1. The second-order valence-electron chi connectivity index (χ2n) is 7.46. The van der Waals surface area contributed by atoms with Crippen molar-refractivity contribution in [3.05, 3.63) is 0 Å². The molecule has 0 spiro atoms. The van der Waals surface area contributed by atoms with Gasteiger partial charge in [-0.1, -0.05) is 0 Å². The van der Waals surface area contributed by atoms with Gasteiger partial charge in [0.05, 0.1) is 19.3 Å². The number of hydrogen-bond donors (Lipinski definition) is 0. The highest BCUT2D eigenvalue weighted by Crippen LogP contribution is 2.40. The van der Waals surface area contributed by atoms with Crippen LogP contribution in [0.5, 0.6) is 0 Å². The maximum Gasteiger partial charge on any atom is 0.248 e. The largest absolute Gasteiger partial charge is 0.383 e. The molecule has 0 aliphatic carbocycles. The summed E-state index contributed by atoms with van der Waals surface area (Å²) in [6.45, 7) is 7.24. The second-order valence-corrected chi connectivity index (χ2v) is 7.46. The molecular formula is C18H32N2O4. The standard InChI is InChI=1S/C18H32N2O4/c1-22-12-10-19-9-5-16-18(14-19,6-4-11-24-16)15-23-13-17(21)20-7-2-3-8-20/h16H,2-15H2,1H3/t16-,18+/m0/s1. The van der Waals surface area contributed by atoms with Gasteiger partial charge >= 0.3 is 0 Å².